The Kier molecular flexibility index (Phi) is 5.48. The molecule has 1 amide bonds. The van der Waals surface area contributed by atoms with Gasteiger partial charge >= 0.3 is 0 Å². The van der Waals surface area contributed by atoms with Gasteiger partial charge < -0.3 is 15.0 Å². The van der Waals surface area contributed by atoms with Crippen LogP contribution in [0.25, 0.3) is 0 Å². The number of carbonyl (C=O) groups is 1. The fourth-order valence-electron chi connectivity index (χ4n) is 3.08. The van der Waals surface area contributed by atoms with Crippen molar-refractivity contribution in [2.24, 2.45) is 5.92 Å². The number of hydrogen-bond donors (Lipinski definition) is 1. The number of rotatable bonds is 3. The fraction of sp³-hybridized carbons (Fsp3) is 0.562. The summed E-state index contributed by atoms with van der Waals surface area (Å²) in [5.41, 5.74) is 1.11. The van der Waals surface area contributed by atoms with Crippen LogP contribution < -0.4 is 10.1 Å². The maximum Gasteiger partial charge on any atom is 0.226 e. The molecule has 1 N–H and O–H groups in total. The lowest BCUT2D eigenvalue weighted by Crippen LogP contribution is -2.51. The molecular weight excluding hydrogens is 288 g/mol. The molecule has 1 aromatic carbocycles. The maximum atomic E-state index is 12.6. The second-order valence-corrected chi connectivity index (χ2v) is 5.62. The Labute approximate surface area is 132 Å². The summed E-state index contributed by atoms with van der Waals surface area (Å²) < 4.78 is 5.46. The zero-order valence-corrected chi connectivity index (χ0v) is 13.2. The second kappa shape index (κ2) is 7.14. The molecule has 1 atom stereocenters. The zero-order valence-electron chi connectivity index (χ0n) is 12.4. The highest BCUT2D eigenvalue weighted by atomic mass is 35.5. The first-order valence-corrected chi connectivity index (χ1v) is 7.45. The lowest BCUT2D eigenvalue weighted by Gasteiger charge is -2.40. The molecule has 1 heterocycles. The minimum Gasteiger partial charge on any atom is -0.496 e. The Hall–Kier alpha value is -1.26. The van der Waals surface area contributed by atoms with Crippen LogP contribution in [0.15, 0.2) is 24.3 Å². The number of halogens is 1. The molecule has 1 saturated carbocycles. The van der Waals surface area contributed by atoms with E-state index in [4.69, 9.17) is 4.74 Å². The molecule has 1 aromatic rings. The van der Waals surface area contributed by atoms with Crippen molar-refractivity contribution >= 4 is 18.3 Å². The van der Waals surface area contributed by atoms with Crippen LogP contribution in [0.4, 0.5) is 0 Å². The number of amides is 1. The van der Waals surface area contributed by atoms with Crippen molar-refractivity contribution in [3.05, 3.63) is 29.8 Å². The molecule has 3 rings (SSSR count). The standard InChI is InChI=1S/C16H22N2O2.ClH/c1-20-15-8-3-2-7-13(15)14-11-17-9-10-18(14)16(19)12-5-4-6-12;/h2-3,7-8,12,14,17H,4-6,9-11H2,1H3;1H. The quantitative estimate of drug-likeness (QED) is 0.932. The summed E-state index contributed by atoms with van der Waals surface area (Å²) in [7, 11) is 1.69. The molecule has 1 unspecified atom stereocenters. The number of nitrogens with one attached hydrogen (secondary N) is 1. The average Bonchev–Trinajstić information content (AvgIpc) is 2.45. The Morgan fingerprint density at radius 3 is 2.76 bits per heavy atom. The third kappa shape index (κ3) is 3.16. The molecule has 5 heteroatoms. The van der Waals surface area contributed by atoms with Crippen molar-refractivity contribution in [1.29, 1.82) is 0 Å². The summed E-state index contributed by atoms with van der Waals surface area (Å²) in [5, 5.41) is 3.39. The Morgan fingerprint density at radius 1 is 1.33 bits per heavy atom. The number of para-hydroxylation sites is 1. The Balaban J connectivity index is 0.00000161. The van der Waals surface area contributed by atoms with Crippen LogP contribution >= 0.6 is 12.4 Å². The predicted octanol–water partition coefficient (Wildman–Crippen LogP) is 2.39. The maximum absolute atomic E-state index is 12.6. The zero-order chi connectivity index (χ0) is 13.9. The van der Waals surface area contributed by atoms with Gasteiger partial charge in [-0.15, -0.1) is 12.4 Å². The molecular formula is C16H23ClN2O2. The van der Waals surface area contributed by atoms with Crippen LogP contribution in [-0.2, 0) is 4.79 Å². The van der Waals surface area contributed by atoms with Crippen LogP contribution in [0.1, 0.15) is 30.9 Å². The van der Waals surface area contributed by atoms with E-state index in [0.29, 0.717) is 5.91 Å². The van der Waals surface area contributed by atoms with Crippen molar-refractivity contribution in [2.45, 2.75) is 25.3 Å². The molecule has 1 aliphatic carbocycles. The molecule has 0 aromatic heterocycles. The van der Waals surface area contributed by atoms with Crippen molar-refractivity contribution < 1.29 is 9.53 Å². The van der Waals surface area contributed by atoms with Gasteiger partial charge in [-0.05, 0) is 18.9 Å². The topological polar surface area (TPSA) is 41.6 Å². The highest BCUT2D eigenvalue weighted by Gasteiger charge is 2.35. The van der Waals surface area contributed by atoms with Gasteiger partial charge in [0.05, 0.1) is 13.2 Å². The van der Waals surface area contributed by atoms with Crippen molar-refractivity contribution in [3.8, 4) is 5.75 Å². The summed E-state index contributed by atoms with van der Waals surface area (Å²) in [6, 6.07) is 8.11. The molecule has 1 saturated heterocycles. The van der Waals surface area contributed by atoms with E-state index < -0.39 is 0 Å². The van der Waals surface area contributed by atoms with Gasteiger partial charge in [-0.3, -0.25) is 4.79 Å². The molecule has 0 bridgehead atoms. The number of hydrogen-bond acceptors (Lipinski definition) is 3. The van der Waals surface area contributed by atoms with Crippen LogP contribution in [0.2, 0.25) is 0 Å². The van der Waals surface area contributed by atoms with Crippen LogP contribution in [0.3, 0.4) is 0 Å². The Bertz CT molecular complexity index is 491. The number of nitrogens with zero attached hydrogens (tertiary/aromatic N) is 1. The Morgan fingerprint density at radius 2 is 2.10 bits per heavy atom. The van der Waals surface area contributed by atoms with E-state index >= 15 is 0 Å². The third-order valence-corrected chi connectivity index (χ3v) is 4.48. The van der Waals surface area contributed by atoms with Crippen LogP contribution in [0, 0.1) is 5.92 Å². The lowest BCUT2D eigenvalue weighted by molar-refractivity contribution is -0.141. The summed E-state index contributed by atoms with van der Waals surface area (Å²) in [4.78, 5) is 14.7. The van der Waals surface area contributed by atoms with E-state index in [2.05, 4.69) is 16.3 Å². The second-order valence-electron chi connectivity index (χ2n) is 5.62. The summed E-state index contributed by atoms with van der Waals surface area (Å²) in [6.07, 6.45) is 3.31. The van der Waals surface area contributed by atoms with E-state index in [1.807, 2.05) is 18.2 Å². The number of piperazine rings is 1. The lowest BCUT2D eigenvalue weighted by atomic mass is 9.83. The molecule has 116 valence electrons. The monoisotopic (exact) mass is 310 g/mol. The summed E-state index contributed by atoms with van der Waals surface area (Å²) in [6.45, 7) is 2.47. The third-order valence-electron chi connectivity index (χ3n) is 4.48. The van der Waals surface area contributed by atoms with Crippen molar-refractivity contribution in [2.75, 3.05) is 26.7 Å². The first-order chi connectivity index (χ1) is 9.81. The summed E-state index contributed by atoms with van der Waals surface area (Å²) in [5.74, 6) is 1.45. The van der Waals surface area contributed by atoms with Gasteiger partial charge in [0.2, 0.25) is 5.91 Å². The van der Waals surface area contributed by atoms with Crippen LogP contribution in [-0.4, -0.2) is 37.6 Å². The van der Waals surface area contributed by atoms with Gasteiger partial charge in [0.15, 0.2) is 0 Å². The van der Waals surface area contributed by atoms with Gasteiger partial charge in [-0.25, -0.2) is 0 Å². The largest absolute Gasteiger partial charge is 0.496 e. The molecule has 2 aliphatic rings. The molecule has 4 nitrogen and oxygen atoms in total. The van der Waals surface area contributed by atoms with Gasteiger partial charge in [0, 0.05) is 31.1 Å². The van der Waals surface area contributed by atoms with Crippen molar-refractivity contribution in [3.63, 3.8) is 0 Å². The molecule has 21 heavy (non-hydrogen) atoms. The number of methoxy groups -OCH3 is 1. The molecule has 2 fully saturated rings. The molecule has 1 aliphatic heterocycles. The van der Waals surface area contributed by atoms with Gasteiger partial charge in [0.25, 0.3) is 0 Å². The fourth-order valence-corrected chi connectivity index (χ4v) is 3.08. The molecule has 0 radical (unpaired) electrons. The van der Waals surface area contributed by atoms with Gasteiger partial charge in [-0.1, -0.05) is 24.6 Å². The van der Waals surface area contributed by atoms with E-state index in [1.165, 1.54) is 6.42 Å². The van der Waals surface area contributed by atoms with Gasteiger partial charge in [-0.2, -0.15) is 0 Å². The normalized spacial score (nSPS) is 22.1. The highest BCUT2D eigenvalue weighted by molar-refractivity contribution is 5.85. The highest BCUT2D eigenvalue weighted by Crippen LogP contribution is 2.34. The van der Waals surface area contributed by atoms with E-state index in [9.17, 15) is 4.79 Å². The van der Waals surface area contributed by atoms with E-state index in [1.54, 1.807) is 7.11 Å². The van der Waals surface area contributed by atoms with E-state index in [0.717, 1.165) is 43.8 Å². The van der Waals surface area contributed by atoms with E-state index in [-0.39, 0.29) is 24.4 Å². The minimum atomic E-state index is 0. The number of ether oxygens (including phenoxy) is 1. The minimum absolute atomic E-state index is 0. The smallest absolute Gasteiger partial charge is 0.226 e. The average molecular weight is 311 g/mol. The van der Waals surface area contributed by atoms with Crippen molar-refractivity contribution in [1.82, 2.24) is 10.2 Å². The number of benzene rings is 1. The van der Waals surface area contributed by atoms with Gasteiger partial charge in [0.1, 0.15) is 5.75 Å². The van der Waals surface area contributed by atoms with Crippen LogP contribution in [0.5, 0.6) is 5.75 Å². The summed E-state index contributed by atoms with van der Waals surface area (Å²) >= 11 is 0. The first-order valence-electron chi connectivity index (χ1n) is 7.45. The first kappa shape index (κ1) is 16.1. The predicted molar refractivity (Wildman–Crippen MR) is 84.9 cm³/mol. The SMILES string of the molecule is COc1ccccc1C1CNCCN1C(=O)C1CCC1.Cl. The number of carbonyl (C=O) groups excluding carboxylic acids is 1. The molecule has 0 spiro atoms.